The van der Waals surface area contributed by atoms with Crippen LogP contribution in [0.1, 0.15) is 36.0 Å². The summed E-state index contributed by atoms with van der Waals surface area (Å²) in [6.45, 7) is 0. The Bertz CT molecular complexity index is 481. The van der Waals surface area contributed by atoms with E-state index in [2.05, 4.69) is 15.9 Å². The molecule has 0 heterocycles. The van der Waals surface area contributed by atoms with Crippen LogP contribution in [0.5, 0.6) is 0 Å². The quantitative estimate of drug-likeness (QED) is 0.692. The van der Waals surface area contributed by atoms with E-state index in [1.165, 1.54) is 12.8 Å². The number of hydrogen-bond acceptors (Lipinski definition) is 1. The van der Waals surface area contributed by atoms with Gasteiger partial charge in [0.25, 0.3) is 5.91 Å². The Morgan fingerprint density at radius 1 is 1.26 bits per heavy atom. The second-order valence-electron chi connectivity index (χ2n) is 4.91. The van der Waals surface area contributed by atoms with E-state index in [0.717, 1.165) is 12.8 Å². The van der Waals surface area contributed by atoms with Gasteiger partial charge in [-0.2, -0.15) is 0 Å². The molecule has 0 aliphatic heterocycles. The van der Waals surface area contributed by atoms with E-state index in [4.69, 9.17) is 23.2 Å². The number of benzene rings is 1. The van der Waals surface area contributed by atoms with Crippen LogP contribution < -0.4 is 0 Å². The fourth-order valence-electron chi connectivity index (χ4n) is 2.49. The van der Waals surface area contributed by atoms with E-state index in [1.807, 2.05) is 11.9 Å². The zero-order valence-corrected chi connectivity index (χ0v) is 13.8. The minimum absolute atomic E-state index is 0.00471. The first-order valence-corrected chi connectivity index (χ1v) is 8.04. The highest BCUT2D eigenvalue weighted by molar-refractivity contribution is 9.09. The summed E-state index contributed by atoms with van der Waals surface area (Å²) in [6.07, 6.45) is 4.55. The van der Waals surface area contributed by atoms with Crippen molar-refractivity contribution >= 4 is 45.0 Å². The lowest BCUT2D eigenvalue weighted by Crippen LogP contribution is -2.44. The third-order valence-corrected chi connectivity index (χ3v) is 5.44. The molecule has 0 spiro atoms. The third-order valence-electron chi connectivity index (χ3n) is 3.63. The van der Waals surface area contributed by atoms with Crippen molar-refractivity contribution in [3.63, 3.8) is 0 Å². The van der Waals surface area contributed by atoms with Crippen LogP contribution >= 0.6 is 39.1 Å². The van der Waals surface area contributed by atoms with Gasteiger partial charge < -0.3 is 4.90 Å². The van der Waals surface area contributed by atoms with Crippen molar-refractivity contribution in [1.29, 1.82) is 0 Å². The summed E-state index contributed by atoms with van der Waals surface area (Å²) >= 11 is 15.5. The van der Waals surface area contributed by atoms with Crippen LogP contribution in [0.2, 0.25) is 10.0 Å². The highest BCUT2D eigenvalue weighted by atomic mass is 79.9. The summed E-state index contributed by atoms with van der Waals surface area (Å²) in [5.74, 6) is -0.00471. The Kier molecular flexibility index (Phi) is 5.15. The van der Waals surface area contributed by atoms with E-state index in [1.54, 1.807) is 18.2 Å². The largest absolute Gasteiger partial charge is 0.338 e. The second-order valence-corrected chi connectivity index (χ2v) is 6.90. The van der Waals surface area contributed by atoms with Crippen LogP contribution in [0, 0.1) is 0 Å². The van der Waals surface area contributed by atoms with Gasteiger partial charge in [-0.05, 0) is 31.0 Å². The highest BCUT2D eigenvalue weighted by Gasteiger charge is 2.29. The standard InChI is InChI=1S/C14H16BrCl2NO/c1-18(13-5-3-2-4-10(13)15)14(19)9-6-7-11(16)12(17)8-9/h6-8,10,13H,2-5H2,1H3. The van der Waals surface area contributed by atoms with Gasteiger partial charge in [0, 0.05) is 23.5 Å². The smallest absolute Gasteiger partial charge is 0.253 e. The average molecular weight is 365 g/mol. The lowest BCUT2D eigenvalue weighted by molar-refractivity contribution is 0.0705. The lowest BCUT2D eigenvalue weighted by Gasteiger charge is -2.35. The fraction of sp³-hybridized carbons (Fsp3) is 0.500. The monoisotopic (exact) mass is 363 g/mol. The van der Waals surface area contributed by atoms with Crippen molar-refractivity contribution in [1.82, 2.24) is 4.90 Å². The van der Waals surface area contributed by atoms with Crippen molar-refractivity contribution in [3.05, 3.63) is 33.8 Å². The zero-order chi connectivity index (χ0) is 14.0. The van der Waals surface area contributed by atoms with Crippen LogP contribution in [0.4, 0.5) is 0 Å². The SMILES string of the molecule is CN(C(=O)c1ccc(Cl)c(Cl)c1)C1CCCCC1Br. The van der Waals surface area contributed by atoms with E-state index >= 15 is 0 Å². The number of alkyl halides is 1. The van der Waals surface area contributed by atoms with Gasteiger partial charge in [0.15, 0.2) is 0 Å². The minimum Gasteiger partial charge on any atom is -0.338 e. The molecule has 0 saturated heterocycles. The molecule has 0 N–H and O–H groups in total. The van der Waals surface area contributed by atoms with Crippen LogP contribution in [-0.2, 0) is 0 Å². The number of carbonyl (C=O) groups is 1. The van der Waals surface area contributed by atoms with Gasteiger partial charge in [-0.3, -0.25) is 4.79 Å². The maximum absolute atomic E-state index is 12.5. The predicted molar refractivity (Wildman–Crippen MR) is 83.5 cm³/mol. The molecule has 1 amide bonds. The summed E-state index contributed by atoms with van der Waals surface area (Å²) in [4.78, 5) is 14.6. The maximum Gasteiger partial charge on any atom is 0.253 e. The molecule has 1 aliphatic rings. The normalized spacial score (nSPS) is 23.2. The third kappa shape index (κ3) is 3.45. The zero-order valence-electron chi connectivity index (χ0n) is 10.7. The van der Waals surface area contributed by atoms with Gasteiger partial charge in [0.05, 0.1) is 10.0 Å². The molecule has 1 aliphatic carbocycles. The molecule has 0 aromatic heterocycles. The number of amides is 1. The molecule has 0 bridgehead atoms. The van der Waals surface area contributed by atoms with Gasteiger partial charge in [-0.1, -0.05) is 52.0 Å². The average Bonchev–Trinajstić information content (AvgIpc) is 2.41. The van der Waals surface area contributed by atoms with Crippen molar-refractivity contribution < 1.29 is 4.79 Å². The van der Waals surface area contributed by atoms with Crippen molar-refractivity contribution in [2.45, 2.75) is 36.6 Å². The number of hydrogen-bond donors (Lipinski definition) is 0. The summed E-state index contributed by atoms with van der Waals surface area (Å²) < 4.78 is 0. The second kappa shape index (κ2) is 6.47. The molecule has 1 fully saturated rings. The molecule has 2 nitrogen and oxygen atoms in total. The van der Waals surface area contributed by atoms with Gasteiger partial charge in [-0.25, -0.2) is 0 Å². The molecular formula is C14H16BrCl2NO. The molecule has 2 rings (SSSR count). The molecule has 2 unspecified atom stereocenters. The number of nitrogens with zero attached hydrogens (tertiary/aromatic N) is 1. The Morgan fingerprint density at radius 2 is 1.95 bits per heavy atom. The van der Waals surface area contributed by atoms with Crippen molar-refractivity contribution in [3.8, 4) is 0 Å². The van der Waals surface area contributed by atoms with Crippen molar-refractivity contribution in [2.24, 2.45) is 0 Å². The molecule has 104 valence electrons. The summed E-state index contributed by atoms with van der Waals surface area (Å²) in [6, 6.07) is 5.27. The van der Waals surface area contributed by atoms with Gasteiger partial charge in [-0.15, -0.1) is 0 Å². The fourth-order valence-corrected chi connectivity index (χ4v) is 3.73. The molecule has 0 radical (unpaired) electrons. The van der Waals surface area contributed by atoms with E-state index < -0.39 is 0 Å². The Labute approximate surface area is 132 Å². The number of halogens is 3. The summed E-state index contributed by atoms with van der Waals surface area (Å²) in [7, 11) is 1.86. The molecule has 1 saturated carbocycles. The van der Waals surface area contributed by atoms with E-state index in [9.17, 15) is 4.79 Å². The summed E-state index contributed by atoms with van der Waals surface area (Å²) in [5.41, 5.74) is 0.585. The molecule has 5 heteroatoms. The lowest BCUT2D eigenvalue weighted by atomic mass is 9.94. The molecule has 1 aromatic carbocycles. The van der Waals surface area contributed by atoms with Gasteiger partial charge >= 0.3 is 0 Å². The molecular weight excluding hydrogens is 349 g/mol. The first-order chi connectivity index (χ1) is 9.00. The first kappa shape index (κ1) is 15.1. The van der Waals surface area contributed by atoms with Gasteiger partial charge in [0.1, 0.15) is 0 Å². The van der Waals surface area contributed by atoms with Gasteiger partial charge in [0.2, 0.25) is 0 Å². The van der Waals surface area contributed by atoms with Crippen LogP contribution in [0.25, 0.3) is 0 Å². The predicted octanol–water partition coefficient (Wildman–Crippen LogP) is 4.77. The topological polar surface area (TPSA) is 20.3 Å². The minimum atomic E-state index is -0.00471. The van der Waals surface area contributed by atoms with Crippen LogP contribution in [0.3, 0.4) is 0 Å². The molecule has 1 aromatic rings. The Hall–Kier alpha value is -0.250. The van der Waals surface area contributed by atoms with Crippen LogP contribution in [-0.4, -0.2) is 28.7 Å². The first-order valence-electron chi connectivity index (χ1n) is 6.37. The maximum atomic E-state index is 12.5. The molecule has 2 atom stereocenters. The molecule has 19 heavy (non-hydrogen) atoms. The van der Waals surface area contributed by atoms with Crippen molar-refractivity contribution in [2.75, 3.05) is 7.05 Å². The highest BCUT2D eigenvalue weighted by Crippen LogP contribution is 2.29. The van der Waals surface area contributed by atoms with Crippen LogP contribution in [0.15, 0.2) is 18.2 Å². The number of rotatable bonds is 2. The number of carbonyl (C=O) groups excluding carboxylic acids is 1. The Balaban J connectivity index is 2.15. The van der Waals surface area contributed by atoms with E-state index in [0.29, 0.717) is 20.4 Å². The Morgan fingerprint density at radius 3 is 2.58 bits per heavy atom. The summed E-state index contributed by atoms with van der Waals surface area (Å²) in [5, 5.41) is 0.886. The van der Waals surface area contributed by atoms with E-state index in [-0.39, 0.29) is 11.9 Å².